The molecule has 12 heteroatoms. The smallest absolute Gasteiger partial charge is 0.408 e. The molecule has 0 heterocycles. The molecule has 0 radical (unpaired) electrons. The molecule has 38 heavy (non-hydrogen) atoms. The summed E-state index contributed by atoms with van der Waals surface area (Å²) in [6.07, 6.45) is 1.56. The predicted molar refractivity (Wildman–Crippen MR) is 136 cm³/mol. The number of benzene rings is 2. The van der Waals surface area contributed by atoms with Crippen LogP contribution >= 0.6 is 0 Å². The summed E-state index contributed by atoms with van der Waals surface area (Å²) in [5.74, 6) is -2.16. The van der Waals surface area contributed by atoms with E-state index in [0.29, 0.717) is 11.3 Å². The molecule has 2 rings (SSSR count). The topological polar surface area (TPSA) is 163 Å². The minimum Gasteiger partial charge on any atom is -0.460 e. The Hall–Kier alpha value is -5.00. The molecule has 200 valence electrons. The Morgan fingerprint density at radius 3 is 2.32 bits per heavy atom. The number of para-hydroxylation sites is 2. The molecule has 1 atom stereocenters. The summed E-state index contributed by atoms with van der Waals surface area (Å²) in [7, 11) is 0. The first-order valence-corrected chi connectivity index (χ1v) is 11.4. The predicted octanol–water partition coefficient (Wildman–Crippen LogP) is 3.68. The lowest BCUT2D eigenvalue weighted by molar-refractivity contribution is -0.385. The molecular weight excluding hydrogens is 498 g/mol. The van der Waals surface area contributed by atoms with Gasteiger partial charge >= 0.3 is 18.0 Å². The highest BCUT2D eigenvalue weighted by atomic mass is 16.6. The second kappa shape index (κ2) is 15.2. The van der Waals surface area contributed by atoms with E-state index >= 15 is 0 Å². The van der Waals surface area contributed by atoms with Crippen molar-refractivity contribution < 1.29 is 38.3 Å². The Morgan fingerprint density at radius 2 is 1.61 bits per heavy atom. The largest absolute Gasteiger partial charge is 0.460 e. The Kier molecular flexibility index (Phi) is 11.7. The van der Waals surface area contributed by atoms with Crippen LogP contribution in [-0.4, -0.2) is 48.1 Å². The number of nitro benzene ring substituents is 1. The standard InChI is InChI=1S/C26H27N3O9/c1-3-15-36-25(32)21(28-26(33)37-16-4-2)13-14-23(30)27-20-11-7-5-9-18(20)17-38-24(31)19-10-6-8-12-22(19)29(34)35/h3-12,21H,1-2,13-17H2,(H,27,30)(H,28,33)/t21-/m0/s1. The van der Waals surface area contributed by atoms with Crippen LogP contribution in [-0.2, 0) is 30.4 Å². The minimum atomic E-state index is -1.16. The highest BCUT2D eigenvalue weighted by molar-refractivity contribution is 5.94. The van der Waals surface area contributed by atoms with E-state index in [2.05, 4.69) is 23.8 Å². The van der Waals surface area contributed by atoms with Gasteiger partial charge in [-0.25, -0.2) is 14.4 Å². The molecule has 0 saturated carbocycles. The summed E-state index contributed by atoms with van der Waals surface area (Å²) >= 11 is 0. The Bertz CT molecular complexity index is 1200. The molecule has 0 aliphatic heterocycles. The van der Waals surface area contributed by atoms with Crippen LogP contribution < -0.4 is 10.6 Å². The van der Waals surface area contributed by atoms with Crippen molar-refractivity contribution in [2.75, 3.05) is 18.5 Å². The van der Waals surface area contributed by atoms with Crippen molar-refractivity contribution >= 4 is 35.3 Å². The van der Waals surface area contributed by atoms with Crippen molar-refractivity contribution in [3.63, 3.8) is 0 Å². The maximum absolute atomic E-state index is 12.6. The molecule has 12 nitrogen and oxygen atoms in total. The summed E-state index contributed by atoms with van der Waals surface area (Å²) in [6.45, 7) is 6.46. The number of alkyl carbamates (subject to hydrolysis) is 1. The summed E-state index contributed by atoms with van der Waals surface area (Å²) in [5, 5.41) is 16.2. The van der Waals surface area contributed by atoms with Gasteiger partial charge in [-0.1, -0.05) is 55.6 Å². The second-order valence-corrected chi connectivity index (χ2v) is 7.60. The first-order valence-electron chi connectivity index (χ1n) is 11.4. The summed E-state index contributed by atoms with van der Waals surface area (Å²) in [6, 6.07) is 10.7. The number of nitrogens with one attached hydrogen (secondary N) is 2. The van der Waals surface area contributed by atoms with Crippen molar-refractivity contribution in [2.24, 2.45) is 0 Å². The highest BCUT2D eigenvalue weighted by Gasteiger charge is 2.24. The van der Waals surface area contributed by atoms with Crippen LogP contribution in [0.15, 0.2) is 73.8 Å². The number of anilines is 1. The van der Waals surface area contributed by atoms with Gasteiger partial charge < -0.3 is 24.8 Å². The monoisotopic (exact) mass is 525 g/mol. The van der Waals surface area contributed by atoms with Crippen LogP contribution in [0.2, 0.25) is 0 Å². The van der Waals surface area contributed by atoms with Gasteiger partial charge in [0, 0.05) is 23.7 Å². The molecule has 2 amide bonds. The molecular formula is C26H27N3O9. The quantitative estimate of drug-likeness (QED) is 0.123. The van der Waals surface area contributed by atoms with Gasteiger partial charge in [-0.05, 0) is 18.6 Å². The minimum absolute atomic E-state index is 0.0697. The van der Waals surface area contributed by atoms with E-state index in [1.807, 2.05) is 0 Å². The van der Waals surface area contributed by atoms with E-state index in [-0.39, 0.29) is 43.9 Å². The van der Waals surface area contributed by atoms with E-state index in [1.165, 1.54) is 36.4 Å². The number of amides is 2. The lowest BCUT2D eigenvalue weighted by atomic mass is 10.1. The number of nitro groups is 1. The van der Waals surface area contributed by atoms with Crippen LogP contribution in [0.25, 0.3) is 0 Å². The molecule has 0 unspecified atom stereocenters. The normalized spacial score (nSPS) is 10.8. The van der Waals surface area contributed by atoms with Crippen LogP contribution in [0, 0.1) is 10.1 Å². The number of carbonyl (C=O) groups is 4. The van der Waals surface area contributed by atoms with Crippen LogP contribution in [0.1, 0.15) is 28.8 Å². The fourth-order valence-electron chi connectivity index (χ4n) is 3.09. The second-order valence-electron chi connectivity index (χ2n) is 7.60. The molecule has 0 saturated heterocycles. The Balaban J connectivity index is 2.02. The maximum Gasteiger partial charge on any atom is 0.408 e. The third kappa shape index (κ3) is 9.22. The molecule has 2 aromatic rings. The number of nitrogens with zero attached hydrogens (tertiary/aromatic N) is 1. The Labute approximate surface area is 218 Å². The van der Waals surface area contributed by atoms with Gasteiger partial charge in [0.1, 0.15) is 31.4 Å². The lowest BCUT2D eigenvalue weighted by Gasteiger charge is -2.17. The first-order chi connectivity index (χ1) is 18.3. The molecule has 0 aliphatic carbocycles. The zero-order valence-electron chi connectivity index (χ0n) is 20.4. The van der Waals surface area contributed by atoms with Gasteiger partial charge in [0.15, 0.2) is 0 Å². The van der Waals surface area contributed by atoms with Gasteiger partial charge in [-0.2, -0.15) is 0 Å². The molecule has 0 fully saturated rings. The summed E-state index contributed by atoms with van der Waals surface area (Å²) in [4.78, 5) is 59.7. The van der Waals surface area contributed by atoms with Crippen LogP contribution in [0.3, 0.4) is 0 Å². The van der Waals surface area contributed by atoms with Crippen LogP contribution in [0.4, 0.5) is 16.2 Å². The van der Waals surface area contributed by atoms with Crippen molar-refractivity contribution in [1.29, 1.82) is 0 Å². The van der Waals surface area contributed by atoms with E-state index < -0.39 is 34.9 Å². The average Bonchev–Trinajstić information content (AvgIpc) is 2.92. The summed E-state index contributed by atoms with van der Waals surface area (Å²) < 4.78 is 15.0. The number of hydrogen-bond donors (Lipinski definition) is 2. The third-order valence-corrected chi connectivity index (χ3v) is 4.88. The zero-order chi connectivity index (χ0) is 27.9. The zero-order valence-corrected chi connectivity index (χ0v) is 20.4. The van der Waals surface area contributed by atoms with Gasteiger partial charge in [-0.15, -0.1) is 0 Å². The molecule has 2 N–H and O–H groups in total. The summed E-state index contributed by atoms with van der Waals surface area (Å²) in [5.41, 5.74) is 0.174. The fourth-order valence-corrected chi connectivity index (χ4v) is 3.09. The van der Waals surface area contributed by atoms with Gasteiger partial charge in [0.05, 0.1) is 4.92 Å². The molecule has 0 bridgehead atoms. The number of carbonyl (C=O) groups excluding carboxylic acids is 4. The van der Waals surface area contributed by atoms with Crippen molar-refractivity contribution in [2.45, 2.75) is 25.5 Å². The number of hydrogen-bond acceptors (Lipinski definition) is 9. The van der Waals surface area contributed by atoms with Gasteiger partial charge in [0.25, 0.3) is 5.69 Å². The molecule has 2 aromatic carbocycles. The SMILES string of the molecule is C=CCOC(=O)N[C@@H](CCC(=O)Nc1ccccc1COC(=O)c1ccccc1[N+](=O)[O-])C(=O)OCC=C. The number of esters is 2. The maximum atomic E-state index is 12.6. The van der Waals surface area contributed by atoms with E-state index in [4.69, 9.17) is 14.2 Å². The van der Waals surface area contributed by atoms with Crippen molar-refractivity contribution in [3.8, 4) is 0 Å². The van der Waals surface area contributed by atoms with Gasteiger partial charge in [0.2, 0.25) is 5.91 Å². The van der Waals surface area contributed by atoms with E-state index in [0.717, 1.165) is 0 Å². The highest BCUT2D eigenvalue weighted by Crippen LogP contribution is 2.21. The molecule has 0 aromatic heterocycles. The number of rotatable bonds is 14. The number of ether oxygens (including phenoxy) is 3. The molecule has 0 spiro atoms. The lowest BCUT2D eigenvalue weighted by Crippen LogP contribution is -2.42. The van der Waals surface area contributed by atoms with E-state index in [9.17, 15) is 29.3 Å². The first kappa shape index (κ1) is 29.2. The molecule has 0 aliphatic rings. The van der Waals surface area contributed by atoms with Crippen LogP contribution in [0.5, 0.6) is 0 Å². The third-order valence-electron chi connectivity index (χ3n) is 4.88. The average molecular weight is 526 g/mol. The van der Waals surface area contributed by atoms with Gasteiger partial charge in [-0.3, -0.25) is 14.9 Å². The van der Waals surface area contributed by atoms with E-state index in [1.54, 1.807) is 24.3 Å². The fraction of sp³-hybridized carbons (Fsp3) is 0.231. The van der Waals surface area contributed by atoms with Crippen molar-refractivity contribution in [3.05, 3.63) is 95.1 Å². The van der Waals surface area contributed by atoms with Crippen molar-refractivity contribution in [1.82, 2.24) is 5.32 Å². The Morgan fingerprint density at radius 1 is 0.947 bits per heavy atom.